The smallest absolute Gasteiger partial charge is 0.324 e. The molecule has 1 atom stereocenters. The molecule has 0 radical (unpaired) electrons. The molecule has 25 heavy (non-hydrogen) atoms. The van der Waals surface area contributed by atoms with Crippen LogP contribution < -0.4 is 4.72 Å². The van der Waals surface area contributed by atoms with Gasteiger partial charge in [-0.15, -0.1) is 0 Å². The van der Waals surface area contributed by atoms with Crippen molar-refractivity contribution < 1.29 is 17.9 Å². The van der Waals surface area contributed by atoms with Crippen molar-refractivity contribution in [3.8, 4) is 0 Å². The van der Waals surface area contributed by atoms with Crippen molar-refractivity contribution >= 4 is 26.8 Å². The lowest BCUT2D eigenvalue weighted by molar-refractivity contribution is -0.158. The monoisotopic (exact) mass is 363 g/mol. The molecule has 2 aromatic rings. The molecule has 136 valence electrons. The van der Waals surface area contributed by atoms with Gasteiger partial charge in [0, 0.05) is 0 Å². The van der Waals surface area contributed by atoms with Crippen LogP contribution >= 0.6 is 0 Å². The van der Waals surface area contributed by atoms with E-state index in [1.165, 1.54) is 6.07 Å². The summed E-state index contributed by atoms with van der Waals surface area (Å²) in [6, 6.07) is 11.5. The first-order valence-electron chi connectivity index (χ1n) is 8.23. The Morgan fingerprint density at radius 3 is 2.20 bits per heavy atom. The fraction of sp³-hybridized carbons (Fsp3) is 0.421. The topological polar surface area (TPSA) is 72.5 Å². The average Bonchev–Trinajstić information content (AvgIpc) is 2.50. The van der Waals surface area contributed by atoms with Gasteiger partial charge in [0.25, 0.3) is 0 Å². The summed E-state index contributed by atoms with van der Waals surface area (Å²) in [6.45, 7) is 8.80. The minimum absolute atomic E-state index is 0.125. The molecule has 2 aromatic carbocycles. The van der Waals surface area contributed by atoms with Gasteiger partial charge in [0.15, 0.2) is 0 Å². The second-order valence-corrected chi connectivity index (χ2v) is 9.10. The zero-order valence-corrected chi connectivity index (χ0v) is 16.1. The maximum absolute atomic E-state index is 12.7. The average molecular weight is 363 g/mol. The largest absolute Gasteiger partial charge is 0.459 e. The molecule has 6 heteroatoms. The van der Waals surface area contributed by atoms with E-state index in [0.717, 1.165) is 10.8 Å². The summed E-state index contributed by atoms with van der Waals surface area (Å²) in [4.78, 5) is 12.5. The highest BCUT2D eigenvalue weighted by Crippen LogP contribution is 2.20. The van der Waals surface area contributed by atoms with E-state index in [9.17, 15) is 13.2 Å². The first kappa shape index (κ1) is 19.4. The number of carbonyl (C=O) groups is 1. The van der Waals surface area contributed by atoms with Gasteiger partial charge in [0.1, 0.15) is 11.6 Å². The van der Waals surface area contributed by atoms with Gasteiger partial charge < -0.3 is 4.74 Å². The van der Waals surface area contributed by atoms with Crippen LogP contribution in [0.5, 0.6) is 0 Å². The quantitative estimate of drug-likeness (QED) is 0.826. The molecule has 1 N–H and O–H groups in total. The Labute approximate surface area is 149 Å². The van der Waals surface area contributed by atoms with Crippen LogP contribution in [0.15, 0.2) is 47.4 Å². The summed E-state index contributed by atoms with van der Waals surface area (Å²) < 4.78 is 33.3. The molecule has 0 aromatic heterocycles. The third-order valence-corrected chi connectivity index (χ3v) is 5.08. The van der Waals surface area contributed by atoms with Gasteiger partial charge in [-0.25, -0.2) is 8.42 Å². The SMILES string of the molecule is CC(C)[C@@H](NS(=O)(=O)c1ccc2ccccc2c1)C(=O)OC(C)(C)C. The summed E-state index contributed by atoms with van der Waals surface area (Å²) in [5, 5.41) is 1.78. The number of rotatable bonds is 5. The Bertz CT molecular complexity index is 866. The minimum atomic E-state index is -3.85. The predicted octanol–water partition coefficient (Wildman–Crippen LogP) is 3.48. The van der Waals surface area contributed by atoms with Crippen LogP contribution in [0, 0.1) is 5.92 Å². The van der Waals surface area contributed by atoms with Crippen molar-refractivity contribution in [1.82, 2.24) is 4.72 Å². The van der Waals surface area contributed by atoms with E-state index in [-0.39, 0.29) is 10.8 Å². The molecule has 5 nitrogen and oxygen atoms in total. The number of sulfonamides is 1. The molecular formula is C19H25NO4S. The number of ether oxygens (including phenoxy) is 1. The number of nitrogens with one attached hydrogen (secondary N) is 1. The number of carbonyl (C=O) groups excluding carboxylic acids is 1. The molecule has 0 heterocycles. The molecule has 0 saturated heterocycles. The van der Waals surface area contributed by atoms with Crippen LogP contribution in [-0.4, -0.2) is 26.0 Å². The van der Waals surface area contributed by atoms with Crippen molar-refractivity contribution in [2.45, 2.75) is 51.2 Å². The Hall–Kier alpha value is -1.92. The summed E-state index contributed by atoms with van der Waals surface area (Å²) in [5.74, 6) is -0.822. The molecule has 0 unspecified atom stereocenters. The summed E-state index contributed by atoms with van der Waals surface area (Å²) in [7, 11) is -3.85. The zero-order chi connectivity index (χ0) is 18.8. The van der Waals surface area contributed by atoms with E-state index in [1.54, 1.807) is 46.8 Å². The lowest BCUT2D eigenvalue weighted by Crippen LogP contribution is -2.47. The maximum atomic E-state index is 12.7. The normalized spacial score (nSPS) is 13.8. The van der Waals surface area contributed by atoms with E-state index in [2.05, 4.69) is 4.72 Å². The molecular weight excluding hydrogens is 338 g/mol. The Kier molecular flexibility index (Phi) is 5.54. The first-order chi connectivity index (χ1) is 11.5. The summed E-state index contributed by atoms with van der Waals surface area (Å²) in [6.07, 6.45) is 0. The molecule has 0 aliphatic rings. The van der Waals surface area contributed by atoms with Gasteiger partial charge in [0.2, 0.25) is 10.0 Å². The molecule has 0 aliphatic carbocycles. The van der Waals surface area contributed by atoms with Crippen molar-refractivity contribution in [2.75, 3.05) is 0 Å². The minimum Gasteiger partial charge on any atom is -0.459 e. The lowest BCUT2D eigenvalue weighted by atomic mass is 10.1. The van der Waals surface area contributed by atoms with Gasteiger partial charge in [-0.05, 0) is 49.6 Å². The van der Waals surface area contributed by atoms with Crippen LogP contribution in [0.4, 0.5) is 0 Å². The van der Waals surface area contributed by atoms with Crippen molar-refractivity contribution in [3.05, 3.63) is 42.5 Å². The fourth-order valence-electron chi connectivity index (χ4n) is 2.39. The highest BCUT2D eigenvalue weighted by atomic mass is 32.2. The summed E-state index contributed by atoms with van der Waals surface area (Å²) >= 11 is 0. The standard InChI is InChI=1S/C19H25NO4S/c1-13(2)17(18(21)24-19(3,4)5)20-25(22,23)16-11-10-14-8-6-7-9-15(14)12-16/h6-13,17,20H,1-5H3/t17-/m1/s1. The molecule has 0 fully saturated rings. The number of hydrogen-bond acceptors (Lipinski definition) is 4. The van der Waals surface area contributed by atoms with Gasteiger partial charge in [-0.3, -0.25) is 4.79 Å². The van der Waals surface area contributed by atoms with Crippen LogP contribution in [-0.2, 0) is 19.6 Å². The number of fused-ring (bicyclic) bond motifs is 1. The second-order valence-electron chi connectivity index (χ2n) is 7.39. The van der Waals surface area contributed by atoms with E-state index in [1.807, 2.05) is 24.3 Å². The predicted molar refractivity (Wildman–Crippen MR) is 98.7 cm³/mol. The van der Waals surface area contributed by atoms with Gasteiger partial charge in [0.05, 0.1) is 4.90 Å². The highest BCUT2D eigenvalue weighted by Gasteiger charge is 2.32. The third kappa shape index (κ3) is 5.03. The molecule has 0 amide bonds. The molecule has 2 rings (SSSR count). The van der Waals surface area contributed by atoms with Crippen molar-refractivity contribution in [3.63, 3.8) is 0 Å². The molecule has 0 aliphatic heterocycles. The van der Waals surface area contributed by atoms with E-state index in [0.29, 0.717) is 0 Å². The highest BCUT2D eigenvalue weighted by molar-refractivity contribution is 7.89. The van der Waals surface area contributed by atoms with E-state index < -0.39 is 27.6 Å². The second kappa shape index (κ2) is 7.14. The summed E-state index contributed by atoms with van der Waals surface area (Å²) in [5.41, 5.74) is -0.682. The number of hydrogen-bond donors (Lipinski definition) is 1. The number of esters is 1. The van der Waals surface area contributed by atoms with Crippen LogP contribution in [0.2, 0.25) is 0 Å². The zero-order valence-electron chi connectivity index (χ0n) is 15.2. The van der Waals surface area contributed by atoms with Crippen LogP contribution in [0.1, 0.15) is 34.6 Å². The Morgan fingerprint density at radius 1 is 1.04 bits per heavy atom. The Morgan fingerprint density at radius 2 is 1.64 bits per heavy atom. The first-order valence-corrected chi connectivity index (χ1v) is 9.72. The van der Waals surface area contributed by atoms with Gasteiger partial charge >= 0.3 is 5.97 Å². The van der Waals surface area contributed by atoms with Gasteiger partial charge in [-0.1, -0.05) is 44.2 Å². The van der Waals surface area contributed by atoms with Gasteiger partial charge in [-0.2, -0.15) is 4.72 Å². The van der Waals surface area contributed by atoms with Crippen molar-refractivity contribution in [2.24, 2.45) is 5.92 Å². The third-order valence-electron chi connectivity index (χ3n) is 3.64. The van der Waals surface area contributed by atoms with Crippen LogP contribution in [0.3, 0.4) is 0 Å². The Balaban J connectivity index is 2.31. The lowest BCUT2D eigenvalue weighted by Gasteiger charge is -2.26. The van der Waals surface area contributed by atoms with E-state index in [4.69, 9.17) is 4.74 Å². The van der Waals surface area contributed by atoms with Crippen molar-refractivity contribution in [1.29, 1.82) is 0 Å². The molecule has 0 saturated carbocycles. The molecule has 0 spiro atoms. The maximum Gasteiger partial charge on any atom is 0.324 e. The molecule has 0 bridgehead atoms. The fourth-order valence-corrected chi connectivity index (χ4v) is 3.76. The number of benzene rings is 2. The van der Waals surface area contributed by atoms with E-state index >= 15 is 0 Å². The van der Waals surface area contributed by atoms with Crippen LogP contribution in [0.25, 0.3) is 10.8 Å².